The third-order valence-electron chi connectivity index (χ3n) is 2.67. The van der Waals surface area contributed by atoms with Crippen LogP contribution in [0.2, 0.25) is 0 Å². The van der Waals surface area contributed by atoms with Gasteiger partial charge in [-0.2, -0.15) is 26.3 Å². The van der Waals surface area contributed by atoms with Gasteiger partial charge in [0.15, 0.2) is 0 Å². The third-order valence-corrected chi connectivity index (χ3v) is 2.67. The van der Waals surface area contributed by atoms with Crippen molar-refractivity contribution in [3.05, 3.63) is 0 Å². The van der Waals surface area contributed by atoms with Crippen molar-refractivity contribution in [2.24, 2.45) is 0 Å². The molecule has 0 saturated carbocycles. The summed E-state index contributed by atoms with van der Waals surface area (Å²) in [6.07, 6.45) is -11.5. The molecule has 1 heterocycles. The van der Waals surface area contributed by atoms with E-state index in [-0.39, 0.29) is 37.9 Å². The molecule has 1 saturated heterocycles. The number of nitrogens with zero attached hydrogens (tertiary/aromatic N) is 1. The molecule has 1 rings (SSSR count). The van der Waals surface area contributed by atoms with Crippen LogP contribution in [0.1, 0.15) is 12.8 Å². The van der Waals surface area contributed by atoms with Crippen molar-refractivity contribution in [2.45, 2.75) is 31.2 Å². The van der Waals surface area contributed by atoms with Gasteiger partial charge in [0.2, 0.25) is 0 Å². The minimum atomic E-state index is -4.61. The highest BCUT2D eigenvalue weighted by molar-refractivity contribution is 5.85. The lowest BCUT2D eigenvalue weighted by molar-refractivity contribution is -0.198. The molecule has 0 aromatic carbocycles. The number of piperazine rings is 1. The van der Waals surface area contributed by atoms with E-state index in [0.29, 0.717) is 13.1 Å². The van der Waals surface area contributed by atoms with Gasteiger partial charge in [-0.1, -0.05) is 0 Å². The van der Waals surface area contributed by atoms with Gasteiger partial charge in [0.1, 0.15) is 6.04 Å². The maximum atomic E-state index is 12.7. The topological polar surface area (TPSA) is 15.3 Å². The molecule has 0 aromatic rings. The van der Waals surface area contributed by atoms with E-state index in [1.807, 2.05) is 0 Å². The quantitative estimate of drug-likeness (QED) is 0.797. The molecule has 118 valence electrons. The maximum Gasteiger partial charge on any atom is 0.404 e. The molecule has 1 aliphatic heterocycles. The van der Waals surface area contributed by atoms with E-state index in [4.69, 9.17) is 0 Å². The van der Waals surface area contributed by atoms with Gasteiger partial charge in [0.25, 0.3) is 0 Å². The Bertz CT molecular complexity index is 240. The predicted octanol–water partition coefficient (Wildman–Crippen LogP) is 3.01. The third kappa shape index (κ3) is 8.06. The Kier molecular flexibility index (Phi) is 9.44. The zero-order valence-corrected chi connectivity index (χ0v) is 11.5. The average molecular weight is 337 g/mol. The van der Waals surface area contributed by atoms with Crippen molar-refractivity contribution in [1.29, 1.82) is 0 Å². The molecule has 0 spiro atoms. The van der Waals surface area contributed by atoms with E-state index < -0.39 is 31.2 Å². The van der Waals surface area contributed by atoms with Crippen LogP contribution in [0.4, 0.5) is 26.3 Å². The van der Waals surface area contributed by atoms with E-state index in [2.05, 4.69) is 5.32 Å². The minimum absolute atomic E-state index is 0. The summed E-state index contributed by atoms with van der Waals surface area (Å²) in [6.45, 7) is 1.00. The average Bonchev–Trinajstić information content (AvgIpc) is 2.15. The number of rotatable bonds is 3. The molecular weight excluding hydrogens is 321 g/mol. The largest absolute Gasteiger partial charge is 0.404 e. The molecule has 0 radical (unpaired) electrons. The van der Waals surface area contributed by atoms with Crippen LogP contribution < -0.4 is 5.32 Å². The fourth-order valence-corrected chi connectivity index (χ4v) is 1.85. The van der Waals surface area contributed by atoms with Gasteiger partial charge in [-0.3, -0.25) is 4.90 Å². The SMILES string of the molecule is Cl.Cl.FC(F)(F)CC[C@@H](N1CCNCC1)C(F)(F)F. The molecule has 1 aliphatic rings. The first kappa shape index (κ1) is 21.4. The standard InChI is InChI=1S/C9H14F6N2.2ClH/c10-8(11,12)2-1-7(9(13,14)15)17-5-3-16-4-6-17;;/h7,16H,1-6H2;2*1H/t7-;;/m1../s1. The first-order valence-electron chi connectivity index (χ1n) is 5.28. The number of nitrogens with one attached hydrogen (secondary N) is 1. The van der Waals surface area contributed by atoms with Gasteiger partial charge in [0.05, 0.1) is 0 Å². The van der Waals surface area contributed by atoms with Crippen LogP contribution >= 0.6 is 24.8 Å². The molecule has 0 amide bonds. The Labute approximate surface area is 119 Å². The molecule has 1 atom stereocenters. The molecule has 1 N–H and O–H groups in total. The number of alkyl halides is 6. The van der Waals surface area contributed by atoms with E-state index in [1.165, 1.54) is 0 Å². The van der Waals surface area contributed by atoms with Crippen molar-refractivity contribution in [2.75, 3.05) is 26.2 Å². The van der Waals surface area contributed by atoms with Crippen LogP contribution in [0, 0.1) is 0 Å². The highest BCUT2D eigenvalue weighted by atomic mass is 35.5. The van der Waals surface area contributed by atoms with Gasteiger partial charge in [-0.15, -0.1) is 24.8 Å². The van der Waals surface area contributed by atoms with Gasteiger partial charge in [-0.05, 0) is 6.42 Å². The van der Waals surface area contributed by atoms with Gasteiger partial charge in [-0.25, -0.2) is 0 Å². The minimum Gasteiger partial charge on any atom is -0.314 e. The van der Waals surface area contributed by atoms with Gasteiger partial charge < -0.3 is 5.32 Å². The van der Waals surface area contributed by atoms with E-state index in [9.17, 15) is 26.3 Å². The Balaban J connectivity index is 0. The molecule has 2 nitrogen and oxygen atoms in total. The lowest BCUT2D eigenvalue weighted by Gasteiger charge is -2.36. The van der Waals surface area contributed by atoms with Crippen molar-refractivity contribution in [3.63, 3.8) is 0 Å². The number of halogens is 8. The highest BCUT2D eigenvalue weighted by Gasteiger charge is 2.45. The summed E-state index contributed by atoms with van der Waals surface area (Å²) < 4.78 is 73.9. The lowest BCUT2D eigenvalue weighted by atomic mass is 10.1. The molecule has 0 bridgehead atoms. The van der Waals surface area contributed by atoms with Crippen LogP contribution in [-0.2, 0) is 0 Å². The summed E-state index contributed by atoms with van der Waals surface area (Å²) in [5, 5.41) is 2.86. The summed E-state index contributed by atoms with van der Waals surface area (Å²) in [6, 6.07) is -1.99. The monoisotopic (exact) mass is 336 g/mol. The second-order valence-corrected chi connectivity index (χ2v) is 4.00. The highest BCUT2D eigenvalue weighted by Crippen LogP contribution is 2.32. The maximum absolute atomic E-state index is 12.7. The van der Waals surface area contributed by atoms with Crippen LogP contribution in [0.25, 0.3) is 0 Å². The van der Waals surface area contributed by atoms with E-state index >= 15 is 0 Å². The second kappa shape index (κ2) is 8.39. The van der Waals surface area contributed by atoms with Gasteiger partial charge in [0, 0.05) is 32.6 Å². The summed E-state index contributed by atoms with van der Waals surface area (Å²) >= 11 is 0. The normalized spacial score (nSPS) is 19.3. The molecule has 0 aliphatic carbocycles. The lowest BCUT2D eigenvalue weighted by Crippen LogP contribution is -2.53. The fourth-order valence-electron chi connectivity index (χ4n) is 1.85. The van der Waals surface area contributed by atoms with Crippen LogP contribution in [0.3, 0.4) is 0 Å². The van der Waals surface area contributed by atoms with E-state index in [0.717, 1.165) is 4.90 Å². The molecular formula is C9H16Cl2F6N2. The van der Waals surface area contributed by atoms with Gasteiger partial charge >= 0.3 is 12.4 Å². The molecule has 0 unspecified atom stereocenters. The molecule has 1 fully saturated rings. The van der Waals surface area contributed by atoms with Crippen LogP contribution in [0.15, 0.2) is 0 Å². The van der Waals surface area contributed by atoms with Crippen molar-refractivity contribution in [1.82, 2.24) is 10.2 Å². The van der Waals surface area contributed by atoms with Crippen molar-refractivity contribution >= 4 is 24.8 Å². The predicted molar refractivity (Wildman–Crippen MR) is 64.1 cm³/mol. The van der Waals surface area contributed by atoms with E-state index in [1.54, 1.807) is 0 Å². The Morgan fingerprint density at radius 1 is 0.947 bits per heavy atom. The summed E-state index contributed by atoms with van der Waals surface area (Å²) in [5.41, 5.74) is 0. The zero-order valence-electron chi connectivity index (χ0n) is 9.85. The fraction of sp³-hybridized carbons (Fsp3) is 1.00. The Morgan fingerprint density at radius 3 is 1.79 bits per heavy atom. The van der Waals surface area contributed by atoms with Crippen molar-refractivity contribution < 1.29 is 26.3 Å². The second-order valence-electron chi connectivity index (χ2n) is 4.00. The smallest absolute Gasteiger partial charge is 0.314 e. The number of hydrogen-bond acceptors (Lipinski definition) is 2. The Hall–Kier alpha value is 0.0800. The van der Waals surface area contributed by atoms with Crippen molar-refractivity contribution in [3.8, 4) is 0 Å². The Morgan fingerprint density at radius 2 is 1.42 bits per heavy atom. The summed E-state index contributed by atoms with van der Waals surface area (Å²) in [5.74, 6) is 0. The molecule has 10 heteroatoms. The molecule has 19 heavy (non-hydrogen) atoms. The van der Waals surface area contributed by atoms with Crippen LogP contribution in [-0.4, -0.2) is 49.5 Å². The summed E-state index contributed by atoms with van der Waals surface area (Å²) in [4.78, 5) is 1.07. The number of hydrogen-bond donors (Lipinski definition) is 1. The first-order valence-corrected chi connectivity index (χ1v) is 5.28. The zero-order chi connectivity index (χ0) is 13.1. The first-order chi connectivity index (χ1) is 7.70. The molecule has 0 aromatic heterocycles. The summed E-state index contributed by atoms with van der Waals surface area (Å²) in [7, 11) is 0. The van der Waals surface area contributed by atoms with Crippen LogP contribution in [0.5, 0.6) is 0 Å².